The Labute approximate surface area is 108 Å². The van der Waals surface area contributed by atoms with Gasteiger partial charge < -0.3 is 5.32 Å². The summed E-state index contributed by atoms with van der Waals surface area (Å²) >= 11 is 0. The molecule has 18 heavy (non-hydrogen) atoms. The second kappa shape index (κ2) is 4.56. The van der Waals surface area contributed by atoms with Crippen LogP contribution in [0.15, 0.2) is 30.5 Å². The van der Waals surface area contributed by atoms with Crippen LogP contribution >= 0.6 is 0 Å². The number of anilines is 1. The minimum atomic E-state index is 0.426. The summed E-state index contributed by atoms with van der Waals surface area (Å²) in [6.45, 7) is 3.33. The van der Waals surface area contributed by atoms with Gasteiger partial charge in [0, 0.05) is 18.1 Å². The van der Waals surface area contributed by atoms with Crippen molar-refractivity contribution < 1.29 is 0 Å². The van der Waals surface area contributed by atoms with E-state index in [1.54, 1.807) is 0 Å². The fraction of sp³-hybridized carbons (Fsp3) is 0.467. The molecule has 1 aromatic heterocycles. The van der Waals surface area contributed by atoms with Crippen LogP contribution in [0.25, 0.3) is 10.9 Å². The molecule has 0 unspecified atom stereocenters. The zero-order valence-corrected chi connectivity index (χ0v) is 10.8. The molecule has 1 saturated carbocycles. The second-order valence-corrected chi connectivity index (χ2v) is 5.62. The van der Waals surface area contributed by atoms with Crippen LogP contribution in [0, 0.1) is 5.41 Å². The molecule has 0 amide bonds. The second-order valence-electron chi connectivity index (χ2n) is 5.62. The molecule has 94 valence electrons. The topological polar surface area (TPSA) is 37.8 Å². The third-order valence-electron chi connectivity index (χ3n) is 3.97. The Kier molecular flexibility index (Phi) is 2.90. The normalized spacial score (nSPS) is 18.1. The Morgan fingerprint density at radius 1 is 1.22 bits per heavy atom. The van der Waals surface area contributed by atoms with E-state index in [4.69, 9.17) is 0 Å². The van der Waals surface area contributed by atoms with Gasteiger partial charge in [-0.3, -0.25) is 0 Å². The van der Waals surface area contributed by atoms with E-state index in [0.717, 1.165) is 23.4 Å². The van der Waals surface area contributed by atoms with Crippen molar-refractivity contribution in [3.63, 3.8) is 0 Å². The monoisotopic (exact) mass is 241 g/mol. The van der Waals surface area contributed by atoms with Crippen molar-refractivity contribution in [2.75, 3.05) is 11.9 Å². The summed E-state index contributed by atoms with van der Waals surface area (Å²) in [7, 11) is 0. The molecule has 1 heterocycles. The Hall–Kier alpha value is -1.64. The fourth-order valence-corrected chi connectivity index (χ4v) is 2.76. The van der Waals surface area contributed by atoms with E-state index >= 15 is 0 Å². The maximum atomic E-state index is 4.55. The molecule has 0 bridgehead atoms. The van der Waals surface area contributed by atoms with Crippen LogP contribution in [-0.4, -0.2) is 16.5 Å². The van der Waals surface area contributed by atoms with Crippen molar-refractivity contribution in [1.29, 1.82) is 0 Å². The Balaban J connectivity index is 1.74. The highest BCUT2D eigenvalue weighted by atomic mass is 15.1. The number of nitrogens with zero attached hydrogens (tertiary/aromatic N) is 2. The summed E-state index contributed by atoms with van der Waals surface area (Å²) < 4.78 is 0. The van der Waals surface area contributed by atoms with Crippen LogP contribution in [0.4, 0.5) is 5.95 Å². The third kappa shape index (κ3) is 2.30. The van der Waals surface area contributed by atoms with Gasteiger partial charge >= 0.3 is 0 Å². The van der Waals surface area contributed by atoms with Gasteiger partial charge in [-0.25, -0.2) is 9.97 Å². The lowest BCUT2D eigenvalue weighted by molar-refractivity contribution is 0.361. The van der Waals surface area contributed by atoms with Gasteiger partial charge in [0.25, 0.3) is 0 Å². The van der Waals surface area contributed by atoms with E-state index in [1.165, 1.54) is 25.7 Å². The maximum absolute atomic E-state index is 4.55. The first-order valence-corrected chi connectivity index (χ1v) is 6.71. The standard InChI is InChI=1S/C15H19N3/c1-15(8-4-5-9-15)11-17-14-16-10-12-6-2-3-7-13(12)18-14/h2-3,6-7,10H,4-5,8-9,11H2,1H3,(H,16,17,18). The zero-order valence-electron chi connectivity index (χ0n) is 10.8. The van der Waals surface area contributed by atoms with Crippen molar-refractivity contribution in [3.05, 3.63) is 30.5 Å². The molecule has 3 nitrogen and oxygen atoms in total. The average Bonchev–Trinajstić information content (AvgIpc) is 2.84. The van der Waals surface area contributed by atoms with Gasteiger partial charge in [0.2, 0.25) is 5.95 Å². The number of nitrogens with one attached hydrogen (secondary N) is 1. The molecule has 3 heteroatoms. The largest absolute Gasteiger partial charge is 0.354 e. The first kappa shape index (κ1) is 11.5. The summed E-state index contributed by atoms with van der Waals surface area (Å²) in [6.07, 6.45) is 7.23. The van der Waals surface area contributed by atoms with E-state index < -0.39 is 0 Å². The van der Waals surface area contributed by atoms with Crippen LogP contribution in [0.3, 0.4) is 0 Å². The van der Waals surface area contributed by atoms with Gasteiger partial charge in [0.05, 0.1) is 5.52 Å². The number of hydrogen-bond acceptors (Lipinski definition) is 3. The summed E-state index contributed by atoms with van der Waals surface area (Å²) in [5, 5.41) is 4.49. The van der Waals surface area contributed by atoms with Crippen molar-refractivity contribution in [1.82, 2.24) is 9.97 Å². The quantitative estimate of drug-likeness (QED) is 0.891. The lowest BCUT2D eigenvalue weighted by Gasteiger charge is -2.23. The zero-order chi connectivity index (χ0) is 12.4. The number of fused-ring (bicyclic) bond motifs is 1. The lowest BCUT2D eigenvalue weighted by Crippen LogP contribution is -2.23. The summed E-state index contributed by atoms with van der Waals surface area (Å²) in [5.41, 5.74) is 1.43. The first-order valence-electron chi connectivity index (χ1n) is 6.71. The molecule has 0 spiro atoms. The van der Waals surface area contributed by atoms with Crippen molar-refractivity contribution in [3.8, 4) is 0 Å². The van der Waals surface area contributed by atoms with Crippen LogP contribution in [0.5, 0.6) is 0 Å². The molecule has 0 atom stereocenters. The summed E-state index contributed by atoms with van der Waals surface area (Å²) in [6, 6.07) is 8.09. The molecule has 0 radical (unpaired) electrons. The van der Waals surface area contributed by atoms with Crippen LogP contribution in [-0.2, 0) is 0 Å². The Morgan fingerprint density at radius 3 is 2.83 bits per heavy atom. The first-order chi connectivity index (χ1) is 8.75. The van der Waals surface area contributed by atoms with Gasteiger partial charge in [0.1, 0.15) is 0 Å². The van der Waals surface area contributed by atoms with Gasteiger partial charge in [-0.05, 0) is 24.3 Å². The molecular weight excluding hydrogens is 222 g/mol. The van der Waals surface area contributed by atoms with E-state index in [0.29, 0.717) is 5.41 Å². The molecule has 0 aliphatic heterocycles. The average molecular weight is 241 g/mol. The molecule has 1 fully saturated rings. The van der Waals surface area contributed by atoms with Crippen molar-refractivity contribution >= 4 is 16.9 Å². The van der Waals surface area contributed by atoms with E-state index in [9.17, 15) is 0 Å². The highest BCUT2D eigenvalue weighted by molar-refractivity contribution is 5.78. The smallest absolute Gasteiger partial charge is 0.223 e. The SMILES string of the molecule is CC1(CNc2ncc3ccccc3n2)CCCC1. The third-order valence-corrected chi connectivity index (χ3v) is 3.97. The number of para-hydroxylation sites is 1. The van der Waals surface area contributed by atoms with Crippen molar-refractivity contribution in [2.45, 2.75) is 32.6 Å². The molecular formula is C15H19N3. The predicted octanol–water partition coefficient (Wildman–Crippen LogP) is 3.62. The predicted molar refractivity (Wildman–Crippen MR) is 74.6 cm³/mol. The molecule has 1 aromatic carbocycles. The molecule has 0 saturated heterocycles. The fourth-order valence-electron chi connectivity index (χ4n) is 2.76. The summed E-state index contributed by atoms with van der Waals surface area (Å²) in [5.74, 6) is 0.752. The highest BCUT2D eigenvalue weighted by Gasteiger charge is 2.28. The van der Waals surface area contributed by atoms with Crippen LogP contribution < -0.4 is 5.32 Å². The van der Waals surface area contributed by atoms with Gasteiger partial charge in [0.15, 0.2) is 0 Å². The van der Waals surface area contributed by atoms with Gasteiger partial charge in [-0.15, -0.1) is 0 Å². The number of hydrogen-bond donors (Lipinski definition) is 1. The Bertz CT molecular complexity index is 544. The molecule has 2 aromatic rings. The summed E-state index contributed by atoms with van der Waals surface area (Å²) in [4.78, 5) is 8.92. The number of aromatic nitrogens is 2. The highest BCUT2D eigenvalue weighted by Crippen LogP contribution is 2.37. The Morgan fingerprint density at radius 2 is 2.00 bits per heavy atom. The molecule has 3 rings (SSSR count). The maximum Gasteiger partial charge on any atom is 0.223 e. The van der Waals surface area contributed by atoms with Gasteiger partial charge in [-0.1, -0.05) is 38.0 Å². The van der Waals surface area contributed by atoms with Crippen molar-refractivity contribution in [2.24, 2.45) is 5.41 Å². The number of benzene rings is 1. The molecule has 1 N–H and O–H groups in total. The van der Waals surface area contributed by atoms with E-state index in [1.807, 2.05) is 30.5 Å². The molecule has 1 aliphatic rings. The minimum absolute atomic E-state index is 0.426. The van der Waals surface area contributed by atoms with Crippen LogP contribution in [0.2, 0.25) is 0 Å². The van der Waals surface area contributed by atoms with Crippen LogP contribution in [0.1, 0.15) is 32.6 Å². The van der Waals surface area contributed by atoms with Gasteiger partial charge in [-0.2, -0.15) is 0 Å². The lowest BCUT2D eigenvalue weighted by atomic mass is 9.89. The molecule has 1 aliphatic carbocycles. The van der Waals surface area contributed by atoms with E-state index in [2.05, 4.69) is 22.2 Å². The minimum Gasteiger partial charge on any atom is -0.354 e. The number of rotatable bonds is 3. The van der Waals surface area contributed by atoms with E-state index in [-0.39, 0.29) is 0 Å².